The van der Waals surface area contributed by atoms with Crippen LogP contribution in [-0.4, -0.2) is 21.5 Å². The first kappa shape index (κ1) is 13.6. The van der Waals surface area contributed by atoms with Crippen LogP contribution in [0.4, 0.5) is 8.78 Å². The Bertz CT molecular complexity index is 542. The molecule has 1 aromatic heterocycles. The number of nitrogens with zero attached hydrogens (tertiary/aromatic N) is 2. The van der Waals surface area contributed by atoms with Gasteiger partial charge in [-0.1, -0.05) is 6.07 Å². The smallest absolute Gasteiger partial charge is 0.130 e. The number of aliphatic hydroxyl groups is 1. The van der Waals surface area contributed by atoms with Crippen molar-refractivity contribution in [3.63, 3.8) is 0 Å². The molecule has 1 heterocycles. The Kier molecular flexibility index (Phi) is 4.59. The molecule has 0 bridgehead atoms. The Morgan fingerprint density at radius 2 is 2.11 bits per heavy atom. The molecule has 0 aliphatic carbocycles. The van der Waals surface area contributed by atoms with Crippen molar-refractivity contribution in [3.05, 3.63) is 53.4 Å². The van der Waals surface area contributed by atoms with E-state index in [2.05, 4.69) is 10.4 Å². The second kappa shape index (κ2) is 6.40. The van der Waals surface area contributed by atoms with E-state index in [4.69, 9.17) is 5.11 Å². The van der Waals surface area contributed by atoms with Crippen LogP contribution in [0.25, 0.3) is 0 Å². The van der Waals surface area contributed by atoms with E-state index < -0.39 is 11.6 Å². The van der Waals surface area contributed by atoms with Crippen LogP contribution in [0.5, 0.6) is 0 Å². The van der Waals surface area contributed by atoms with Crippen molar-refractivity contribution in [2.75, 3.05) is 6.61 Å². The minimum absolute atomic E-state index is 0.0370. The van der Waals surface area contributed by atoms with E-state index in [1.165, 1.54) is 12.1 Å². The zero-order valence-electron chi connectivity index (χ0n) is 10.3. The maximum Gasteiger partial charge on any atom is 0.130 e. The van der Waals surface area contributed by atoms with Crippen LogP contribution in [-0.2, 0) is 19.6 Å². The Balaban J connectivity index is 1.85. The normalized spacial score (nSPS) is 10.9. The highest BCUT2D eigenvalue weighted by Crippen LogP contribution is 2.09. The number of hydrogen-bond acceptors (Lipinski definition) is 3. The van der Waals surface area contributed by atoms with Gasteiger partial charge in [0, 0.05) is 36.5 Å². The van der Waals surface area contributed by atoms with Crippen LogP contribution in [0.2, 0.25) is 0 Å². The van der Waals surface area contributed by atoms with Crippen LogP contribution in [0, 0.1) is 11.6 Å². The molecule has 0 saturated heterocycles. The highest BCUT2D eigenvalue weighted by Gasteiger charge is 2.04. The van der Waals surface area contributed by atoms with E-state index in [1.54, 1.807) is 10.9 Å². The average Bonchev–Trinajstić information content (AvgIpc) is 2.80. The summed E-state index contributed by atoms with van der Waals surface area (Å²) in [5.41, 5.74) is 1.36. The van der Waals surface area contributed by atoms with E-state index in [0.29, 0.717) is 25.2 Å². The number of benzene rings is 1. The molecule has 2 N–H and O–H groups in total. The lowest BCUT2D eigenvalue weighted by atomic mass is 10.2. The summed E-state index contributed by atoms with van der Waals surface area (Å²) in [4.78, 5) is 0. The van der Waals surface area contributed by atoms with Gasteiger partial charge in [-0.2, -0.15) is 5.10 Å². The van der Waals surface area contributed by atoms with Crippen LogP contribution in [0.1, 0.15) is 11.1 Å². The Hall–Kier alpha value is -1.79. The molecule has 0 radical (unpaired) electrons. The summed E-state index contributed by atoms with van der Waals surface area (Å²) < 4.78 is 27.7. The van der Waals surface area contributed by atoms with Gasteiger partial charge in [0.15, 0.2) is 0 Å². The summed E-state index contributed by atoms with van der Waals surface area (Å²) in [6, 6.07) is 3.53. The lowest BCUT2D eigenvalue weighted by molar-refractivity contribution is 0.269. The van der Waals surface area contributed by atoms with Gasteiger partial charge in [-0.15, -0.1) is 0 Å². The van der Waals surface area contributed by atoms with Gasteiger partial charge in [0.05, 0.1) is 19.3 Å². The quantitative estimate of drug-likeness (QED) is 0.832. The summed E-state index contributed by atoms with van der Waals surface area (Å²) in [7, 11) is 0. The van der Waals surface area contributed by atoms with Gasteiger partial charge in [-0.05, 0) is 6.07 Å². The molecule has 0 fully saturated rings. The molecule has 2 rings (SSSR count). The monoisotopic (exact) mass is 267 g/mol. The Morgan fingerprint density at radius 3 is 2.84 bits per heavy atom. The van der Waals surface area contributed by atoms with E-state index >= 15 is 0 Å². The van der Waals surface area contributed by atoms with Crippen molar-refractivity contribution in [3.8, 4) is 0 Å². The molecule has 1 aromatic carbocycles. The summed E-state index contributed by atoms with van der Waals surface area (Å²) in [6.45, 7) is 1.33. The number of aromatic nitrogens is 2. The maximum atomic E-state index is 13.4. The van der Waals surface area contributed by atoms with Crippen molar-refractivity contribution in [2.24, 2.45) is 0 Å². The number of hydrogen-bond donors (Lipinski definition) is 2. The topological polar surface area (TPSA) is 50.1 Å². The number of aliphatic hydroxyl groups excluding tert-OH is 1. The maximum absolute atomic E-state index is 13.4. The molecule has 102 valence electrons. The van der Waals surface area contributed by atoms with E-state index in [9.17, 15) is 8.78 Å². The third-order valence-electron chi connectivity index (χ3n) is 2.68. The van der Waals surface area contributed by atoms with E-state index in [1.807, 2.05) is 6.20 Å². The van der Waals surface area contributed by atoms with Crippen molar-refractivity contribution in [1.82, 2.24) is 15.1 Å². The highest BCUT2D eigenvalue weighted by molar-refractivity contribution is 5.18. The standard InChI is InChI=1S/C13H15F2N3O/c14-12-2-1-11(13(15)5-12)8-16-6-10-7-17-18(9-10)3-4-19/h1-2,5,7,9,16,19H,3-4,6,8H2. The predicted octanol–water partition coefficient (Wildman–Crippen LogP) is 1.44. The fourth-order valence-electron chi connectivity index (χ4n) is 1.73. The lowest BCUT2D eigenvalue weighted by Crippen LogP contribution is -2.13. The second-order valence-corrected chi connectivity index (χ2v) is 4.17. The molecular formula is C13H15F2N3O. The van der Waals surface area contributed by atoms with Crippen LogP contribution >= 0.6 is 0 Å². The van der Waals surface area contributed by atoms with Crippen molar-refractivity contribution >= 4 is 0 Å². The third kappa shape index (κ3) is 3.84. The van der Waals surface area contributed by atoms with Crippen molar-refractivity contribution < 1.29 is 13.9 Å². The zero-order chi connectivity index (χ0) is 13.7. The molecule has 0 aliphatic rings. The first-order valence-electron chi connectivity index (χ1n) is 5.96. The fourth-order valence-corrected chi connectivity index (χ4v) is 1.73. The summed E-state index contributed by atoms with van der Waals surface area (Å²) in [5, 5.41) is 15.9. The van der Waals surface area contributed by atoms with Gasteiger partial charge in [0.25, 0.3) is 0 Å². The average molecular weight is 267 g/mol. The molecular weight excluding hydrogens is 252 g/mol. The summed E-state index contributed by atoms with van der Waals surface area (Å²) in [5.74, 6) is -1.13. The van der Waals surface area contributed by atoms with Gasteiger partial charge < -0.3 is 10.4 Å². The summed E-state index contributed by atoms with van der Waals surface area (Å²) >= 11 is 0. The number of halogens is 2. The van der Waals surface area contributed by atoms with Gasteiger partial charge in [0.2, 0.25) is 0 Å². The van der Waals surface area contributed by atoms with Crippen LogP contribution in [0.15, 0.2) is 30.6 Å². The largest absolute Gasteiger partial charge is 0.394 e. The molecule has 6 heteroatoms. The fraction of sp³-hybridized carbons (Fsp3) is 0.308. The number of nitrogens with one attached hydrogen (secondary N) is 1. The molecule has 0 saturated carbocycles. The Labute approximate surface area is 109 Å². The second-order valence-electron chi connectivity index (χ2n) is 4.17. The first-order valence-corrected chi connectivity index (χ1v) is 5.96. The first-order chi connectivity index (χ1) is 9.19. The minimum Gasteiger partial charge on any atom is -0.394 e. The van der Waals surface area contributed by atoms with Crippen LogP contribution < -0.4 is 5.32 Å². The third-order valence-corrected chi connectivity index (χ3v) is 2.68. The minimum atomic E-state index is -0.577. The molecule has 0 aliphatic heterocycles. The zero-order valence-corrected chi connectivity index (χ0v) is 10.3. The van der Waals surface area contributed by atoms with Crippen molar-refractivity contribution in [2.45, 2.75) is 19.6 Å². The number of rotatable bonds is 6. The molecule has 0 amide bonds. The molecule has 0 atom stereocenters. The Morgan fingerprint density at radius 1 is 1.26 bits per heavy atom. The molecule has 0 unspecified atom stereocenters. The molecule has 0 spiro atoms. The highest BCUT2D eigenvalue weighted by atomic mass is 19.1. The molecule has 19 heavy (non-hydrogen) atoms. The van der Waals surface area contributed by atoms with Gasteiger partial charge in [-0.3, -0.25) is 4.68 Å². The molecule has 2 aromatic rings. The van der Waals surface area contributed by atoms with E-state index in [0.717, 1.165) is 11.6 Å². The van der Waals surface area contributed by atoms with E-state index in [-0.39, 0.29) is 6.61 Å². The lowest BCUT2D eigenvalue weighted by Gasteiger charge is -2.04. The predicted molar refractivity (Wildman–Crippen MR) is 66.2 cm³/mol. The van der Waals surface area contributed by atoms with Crippen molar-refractivity contribution in [1.29, 1.82) is 0 Å². The summed E-state index contributed by atoms with van der Waals surface area (Å²) in [6.07, 6.45) is 3.49. The molecule has 4 nitrogen and oxygen atoms in total. The SMILES string of the molecule is OCCn1cc(CNCc2ccc(F)cc2F)cn1. The van der Waals surface area contributed by atoms with Gasteiger partial charge >= 0.3 is 0 Å². The van der Waals surface area contributed by atoms with Crippen LogP contribution in [0.3, 0.4) is 0 Å². The van der Waals surface area contributed by atoms with Gasteiger partial charge in [0.1, 0.15) is 11.6 Å². The van der Waals surface area contributed by atoms with Gasteiger partial charge in [-0.25, -0.2) is 8.78 Å².